The normalized spacial score (nSPS) is 29.2. The van der Waals surface area contributed by atoms with Crippen LogP contribution in [0.2, 0.25) is 0 Å². The van der Waals surface area contributed by atoms with Crippen molar-refractivity contribution in [2.24, 2.45) is 0 Å². The molecule has 0 aromatic heterocycles. The van der Waals surface area contributed by atoms with Gasteiger partial charge in [0.05, 0.1) is 17.8 Å². The lowest BCUT2D eigenvalue weighted by molar-refractivity contribution is -0.0640. The van der Waals surface area contributed by atoms with Gasteiger partial charge in [-0.25, -0.2) is 0 Å². The molecular formula is C14H20O2S. The van der Waals surface area contributed by atoms with Crippen LogP contribution >= 0.6 is 11.8 Å². The fraction of sp³-hybridized carbons (Fsp3) is 0.571. The third-order valence-corrected chi connectivity index (χ3v) is 4.83. The van der Waals surface area contributed by atoms with E-state index in [0.29, 0.717) is 5.25 Å². The van der Waals surface area contributed by atoms with Crippen molar-refractivity contribution in [1.29, 1.82) is 0 Å². The highest BCUT2D eigenvalue weighted by molar-refractivity contribution is 8.00. The van der Waals surface area contributed by atoms with E-state index in [-0.39, 0.29) is 11.7 Å². The second-order valence-electron chi connectivity index (χ2n) is 5.16. The molecule has 0 bridgehead atoms. The van der Waals surface area contributed by atoms with Gasteiger partial charge in [-0.2, -0.15) is 0 Å². The Bertz CT molecular complexity index is 362. The van der Waals surface area contributed by atoms with Crippen LogP contribution in [0.15, 0.2) is 35.2 Å². The van der Waals surface area contributed by atoms with Crippen LogP contribution in [0, 0.1) is 0 Å². The van der Waals surface area contributed by atoms with Gasteiger partial charge in [-0.15, -0.1) is 11.8 Å². The van der Waals surface area contributed by atoms with E-state index in [0.717, 1.165) is 6.42 Å². The Balaban J connectivity index is 2.06. The van der Waals surface area contributed by atoms with Crippen molar-refractivity contribution in [1.82, 2.24) is 0 Å². The van der Waals surface area contributed by atoms with Gasteiger partial charge in [0.2, 0.25) is 0 Å². The Morgan fingerprint density at radius 1 is 1.35 bits per heavy atom. The molecule has 17 heavy (non-hydrogen) atoms. The van der Waals surface area contributed by atoms with Crippen molar-refractivity contribution in [2.45, 2.75) is 55.1 Å². The molecule has 94 valence electrons. The minimum absolute atomic E-state index is 0.0359. The first-order valence-electron chi connectivity index (χ1n) is 6.06. The summed E-state index contributed by atoms with van der Waals surface area (Å²) < 4.78 is 5.92. The molecule has 3 atom stereocenters. The monoisotopic (exact) mass is 252 g/mol. The summed E-state index contributed by atoms with van der Waals surface area (Å²) in [6.45, 7) is 6.02. The van der Waals surface area contributed by atoms with E-state index in [1.807, 2.05) is 17.8 Å². The van der Waals surface area contributed by atoms with Crippen molar-refractivity contribution < 1.29 is 9.84 Å². The molecule has 1 fully saturated rings. The van der Waals surface area contributed by atoms with Gasteiger partial charge in [0.25, 0.3) is 0 Å². The third-order valence-electron chi connectivity index (χ3n) is 3.24. The van der Waals surface area contributed by atoms with Crippen LogP contribution in [0.5, 0.6) is 0 Å². The number of ether oxygens (including phenoxy) is 1. The fourth-order valence-corrected chi connectivity index (χ4v) is 3.43. The van der Waals surface area contributed by atoms with Crippen molar-refractivity contribution in [3.05, 3.63) is 30.3 Å². The maximum absolute atomic E-state index is 9.63. The number of benzene rings is 1. The van der Waals surface area contributed by atoms with E-state index in [1.165, 1.54) is 4.90 Å². The van der Waals surface area contributed by atoms with Crippen LogP contribution in [0.25, 0.3) is 0 Å². The zero-order valence-corrected chi connectivity index (χ0v) is 11.4. The molecule has 1 heterocycles. The number of hydrogen-bond acceptors (Lipinski definition) is 3. The third kappa shape index (κ3) is 3.03. The van der Waals surface area contributed by atoms with E-state index in [4.69, 9.17) is 4.74 Å². The predicted octanol–water partition coefficient (Wildman–Crippen LogP) is 3.10. The SMILES string of the molecule is C[C@H](O)[C@@H]1C[C@H](Sc2ccccc2)C(C)(C)O1. The van der Waals surface area contributed by atoms with E-state index < -0.39 is 6.10 Å². The van der Waals surface area contributed by atoms with Gasteiger partial charge in [-0.05, 0) is 39.3 Å². The Labute approximate surface area is 107 Å². The van der Waals surface area contributed by atoms with Crippen LogP contribution in [0.4, 0.5) is 0 Å². The Hall–Kier alpha value is -0.510. The standard InChI is InChI=1S/C14H20O2S/c1-10(15)12-9-13(14(2,3)16-12)17-11-7-5-4-6-8-11/h4-8,10,12-13,15H,9H2,1-3H3/t10-,12-,13-/m0/s1. The number of rotatable bonds is 3. The quantitative estimate of drug-likeness (QED) is 0.896. The van der Waals surface area contributed by atoms with Crippen molar-refractivity contribution in [3.8, 4) is 0 Å². The Morgan fingerprint density at radius 3 is 2.53 bits per heavy atom. The molecular weight excluding hydrogens is 232 g/mol. The van der Waals surface area contributed by atoms with Gasteiger partial charge in [-0.1, -0.05) is 18.2 Å². The van der Waals surface area contributed by atoms with Crippen molar-refractivity contribution >= 4 is 11.8 Å². The molecule has 0 aliphatic carbocycles. The van der Waals surface area contributed by atoms with Gasteiger partial charge < -0.3 is 9.84 Å². The molecule has 1 N–H and O–H groups in total. The summed E-state index contributed by atoms with van der Waals surface area (Å²) in [6.07, 6.45) is 0.478. The van der Waals surface area contributed by atoms with E-state index in [1.54, 1.807) is 6.92 Å². The topological polar surface area (TPSA) is 29.5 Å². The number of hydrogen-bond donors (Lipinski definition) is 1. The highest BCUT2D eigenvalue weighted by Crippen LogP contribution is 2.42. The summed E-state index contributed by atoms with van der Waals surface area (Å²) in [5, 5.41) is 10.0. The Kier molecular flexibility index (Phi) is 3.81. The summed E-state index contributed by atoms with van der Waals surface area (Å²) in [5.74, 6) is 0. The summed E-state index contributed by atoms with van der Waals surface area (Å²) in [4.78, 5) is 1.26. The largest absolute Gasteiger partial charge is 0.391 e. The molecule has 1 saturated heterocycles. The minimum Gasteiger partial charge on any atom is -0.391 e. The van der Waals surface area contributed by atoms with Gasteiger partial charge in [0, 0.05) is 10.1 Å². The summed E-state index contributed by atoms with van der Waals surface area (Å²) in [7, 11) is 0. The molecule has 1 aromatic rings. The molecule has 0 amide bonds. The molecule has 1 aliphatic rings. The molecule has 1 aliphatic heterocycles. The maximum atomic E-state index is 9.63. The first kappa shape index (κ1) is 12.9. The van der Waals surface area contributed by atoms with Crippen LogP contribution in [-0.2, 0) is 4.74 Å². The molecule has 2 nitrogen and oxygen atoms in total. The fourth-order valence-electron chi connectivity index (χ4n) is 2.16. The second kappa shape index (κ2) is 5.01. The summed E-state index contributed by atoms with van der Waals surface area (Å²) in [5.41, 5.74) is -0.178. The van der Waals surface area contributed by atoms with E-state index in [9.17, 15) is 5.11 Å². The first-order chi connectivity index (χ1) is 7.99. The molecule has 0 saturated carbocycles. The van der Waals surface area contributed by atoms with Gasteiger partial charge in [-0.3, -0.25) is 0 Å². The van der Waals surface area contributed by atoms with Crippen LogP contribution in [0.3, 0.4) is 0 Å². The van der Waals surface area contributed by atoms with Gasteiger partial charge >= 0.3 is 0 Å². The number of aliphatic hydroxyl groups excluding tert-OH is 1. The molecule has 0 radical (unpaired) electrons. The van der Waals surface area contributed by atoms with E-state index in [2.05, 4.69) is 38.1 Å². The minimum atomic E-state index is -0.393. The first-order valence-corrected chi connectivity index (χ1v) is 6.94. The highest BCUT2D eigenvalue weighted by atomic mass is 32.2. The smallest absolute Gasteiger partial charge is 0.0850 e. The lowest BCUT2D eigenvalue weighted by atomic mass is 10.0. The summed E-state index contributed by atoms with van der Waals surface area (Å²) in [6, 6.07) is 10.4. The average Bonchev–Trinajstić information content (AvgIpc) is 2.56. The number of thioether (sulfide) groups is 1. The van der Waals surface area contributed by atoms with Crippen LogP contribution in [-0.4, -0.2) is 28.2 Å². The maximum Gasteiger partial charge on any atom is 0.0850 e. The average molecular weight is 252 g/mol. The lowest BCUT2D eigenvalue weighted by Crippen LogP contribution is -2.31. The molecule has 3 heteroatoms. The van der Waals surface area contributed by atoms with Gasteiger partial charge in [0.1, 0.15) is 0 Å². The highest BCUT2D eigenvalue weighted by Gasteiger charge is 2.43. The Morgan fingerprint density at radius 2 is 2.00 bits per heavy atom. The van der Waals surface area contributed by atoms with E-state index >= 15 is 0 Å². The second-order valence-corrected chi connectivity index (χ2v) is 6.43. The van der Waals surface area contributed by atoms with Gasteiger partial charge in [0.15, 0.2) is 0 Å². The molecule has 2 rings (SSSR count). The molecule has 0 unspecified atom stereocenters. The molecule has 0 spiro atoms. The summed E-state index contributed by atoms with van der Waals surface area (Å²) >= 11 is 1.84. The number of aliphatic hydroxyl groups is 1. The molecule has 1 aromatic carbocycles. The zero-order valence-electron chi connectivity index (χ0n) is 10.6. The zero-order chi connectivity index (χ0) is 12.5. The lowest BCUT2D eigenvalue weighted by Gasteiger charge is -2.25. The van der Waals surface area contributed by atoms with Crippen LogP contribution < -0.4 is 0 Å². The van der Waals surface area contributed by atoms with Crippen LogP contribution in [0.1, 0.15) is 27.2 Å². The van der Waals surface area contributed by atoms with Crippen molar-refractivity contribution in [3.63, 3.8) is 0 Å². The predicted molar refractivity (Wildman–Crippen MR) is 71.3 cm³/mol. The van der Waals surface area contributed by atoms with Crippen molar-refractivity contribution in [2.75, 3.05) is 0 Å².